The van der Waals surface area contributed by atoms with Gasteiger partial charge in [-0.1, -0.05) is 75.1 Å². The first-order chi connectivity index (χ1) is 16.2. The molecule has 0 bridgehead atoms. The summed E-state index contributed by atoms with van der Waals surface area (Å²) in [4.78, 5) is 0. The topological polar surface area (TPSA) is 0 Å². The van der Waals surface area contributed by atoms with Crippen LogP contribution in [0.4, 0.5) is 22.0 Å². The average molecular weight is 471 g/mol. The molecule has 4 rings (SSSR count). The molecule has 1 fully saturated rings. The third-order valence-corrected chi connectivity index (χ3v) is 7.02. The van der Waals surface area contributed by atoms with Gasteiger partial charge in [-0.2, -0.15) is 13.2 Å². The summed E-state index contributed by atoms with van der Waals surface area (Å²) in [6, 6.07) is 11.5. The number of benzene rings is 3. The number of fused-ring (bicyclic) bond motifs is 1. The van der Waals surface area contributed by atoms with Gasteiger partial charge >= 0.3 is 6.18 Å². The lowest BCUT2D eigenvalue weighted by molar-refractivity contribution is -0.140. The Morgan fingerprint density at radius 3 is 2.26 bits per heavy atom. The first-order valence-electron chi connectivity index (χ1n) is 11.8. The van der Waals surface area contributed by atoms with Gasteiger partial charge in [0.15, 0.2) is 0 Å². The van der Waals surface area contributed by atoms with Crippen LogP contribution >= 0.6 is 0 Å². The summed E-state index contributed by atoms with van der Waals surface area (Å²) < 4.78 is 66.9. The SMILES string of the molecule is CCC1CCC(CCc2ccc3c(F)c(C#Cc4ccc(C(F)(F)F)c(F)c4)ccc3c2)CC1. The zero-order valence-corrected chi connectivity index (χ0v) is 19.1. The van der Waals surface area contributed by atoms with E-state index < -0.39 is 23.4 Å². The number of hydrogen-bond donors (Lipinski definition) is 0. The molecular formula is C29H27F5. The lowest BCUT2D eigenvalue weighted by Crippen LogP contribution is -2.14. The van der Waals surface area contributed by atoms with Gasteiger partial charge in [-0.3, -0.25) is 0 Å². The van der Waals surface area contributed by atoms with Crippen molar-refractivity contribution in [2.75, 3.05) is 0 Å². The van der Waals surface area contributed by atoms with Crippen LogP contribution in [-0.2, 0) is 12.6 Å². The van der Waals surface area contributed by atoms with E-state index in [0.717, 1.165) is 42.2 Å². The van der Waals surface area contributed by atoms with Gasteiger partial charge in [0.05, 0.1) is 11.1 Å². The van der Waals surface area contributed by atoms with Crippen LogP contribution in [0.5, 0.6) is 0 Å². The highest BCUT2D eigenvalue weighted by Crippen LogP contribution is 2.34. The Hall–Kier alpha value is -2.87. The lowest BCUT2D eigenvalue weighted by Gasteiger charge is -2.27. The molecule has 0 aromatic heterocycles. The van der Waals surface area contributed by atoms with Gasteiger partial charge in [0, 0.05) is 10.9 Å². The third-order valence-electron chi connectivity index (χ3n) is 7.02. The van der Waals surface area contributed by atoms with Crippen LogP contribution in [0.3, 0.4) is 0 Å². The molecule has 0 amide bonds. The molecule has 0 aliphatic heterocycles. The molecule has 0 radical (unpaired) electrons. The summed E-state index contributed by atoms with van der Waals surface area (Å²) in [5.41, 5.74) is 0.00418. The van der Waals surface area contributed by atoms with E-state index in [9.17, 15) is 17.6 Å². The molecule has 0 saturated heterocycles. The van der Waals surface area contributed by atoms with E-state index in [0.29, 0.717) is 11.5 Å². The van der Waals surface area contributed by atoms with E-state index in [-0.39, 0.29) is 11.1 Å². The molecular weight excluding hydrogens is 443 g/mol. The van der Waals surface area contributed by atoms with Crippen molar-refractivity contribution in [1.82, 2.24) is 0 Å². The molecule has 0 N–H and O–H groups in total. The zero-order valence-electron chi connectivity index (χ0n) is 19.1. The normalized spacial score (nSPS) is 18.5. The van der Waals surface area contributed by atoms with Crippen LogP contribution in [0.25, 0.3) is 10.8 Å². The number of halogens is 5. The van der Waals surface area contributed by atoms with Gasteiger partial charge in [0.1, 0.15) is 11.6 Å². The molecule has 0 spiro atoms. The summed E-state index contributed by atoms with van der Waals surface area (Å²) in [7, 11) is 0. The molecule has 3 aromatic rings. The molecule has 3 aromatic carbocycles. The predicted octanol–water partition coefficient (Wildman–Crippen LogP) is 8.69. The summed E-state index contributed by atoms with van der Waals surface area (Å²) in [6.45, 7) is 2.27. The molecule has 0 unspecified atom stereocenters. The molecule has 5 heteroatoms. The second-order valence-corrected chi connectivity index (χ2v) is 9.26. The molecule has 34 heavy (non-hydrogen) atoms. The van der Waals surface area contributed by atoms with E-state index in [2.05, 4.69) is 18.8 Å². The van der Waals surface area contributed by atoms with E-state index in [4.69, 9.17) is 0 Å². The van der Waals surface area contributed by atoms with Gasteiger partial charge in [-0.05, 0) is 59.9 Å². The standard InChI is InChI=1S/C29H27F5/c1-2-19-3-5-20(6-4-19)7-8-21-10-15-25-24(17-21)14-13-23(28(25)31)12-9-22-11-16-26(27(30)18-22)29(32,33)34/h10-11,13-20H,2-8H2,1H3. The maximum absolute atomic E-state index is 15.0. The molecule has 1 aliphatic carbocycles. The minimum atomic E-state index is -4.77. The first kappa shape index (κ1) is 24.3. The Morgan fingerprint density at radius 2 is 1.59 bits per heavy atom. The monoisotopic (exact) mass is 470 g/mol. The highest BCUT2D eigenvalue weighted by molar-refractivity contribution is 5.85. The van der Waals surface area contributed by atoms with E-state index >= 15 is 4.39 Å². The maximum Gasteiger partial charge on any atom is 0.419 e. The third kappa shape index (κ3) is 5.60. The van der Waals surface area contributed by atoms with Crippen LogP contribution in [0.2, 0.25) is 0 Å². The van der Waals surface area contributed by atoms with E-state index in [1.807, 2.05) is 12.1 Å². The minimum Gasteiger partial charge on any atom is -0.206 e. The molecule has 0 nitrogen and oxygen atoms in total. The van der Waals surface area contributed by atoms with Crippen LogP contribution in [0.15, 0.2) is 48.5 Å². The molecule has 1 saturated carbocycles. The second-order valence-electron chi connectivity index (χ2n) is 9.26. The average Bonchev–Trinajstić information content (AvgIpc) is 2.82. The van der Waals surface area contributed by atoms with Crippen molar-refractivity contribution in [3.8, 4) is 11.8 Å². The van der Waals surface area contributed by atoms with Crippen molar-refractivity contribution < 1.29 is 22.0 Å². The van der Waals surface area contributed by atoms with Crippen LogP contribution in [0.1, 0.15) is 67.7 Å². The van der Waals surface area contributed by atoms with Crippen LogP contribution < -0.4 is 0 Å². The minimum absolute atomic E-state index is 0.0494. The molecule has 1 aliphatic rings. The smallest absolute Gasteiger partial charge is 0.206 e. The van der Waals surface area contributed by atoms with Crippen molar-refractivity contribution in [2.24, 2.45) is 11.8 Å². The Bertz CT molecular complexity index is 1220. The van der Waals surface area contributed by atoms with Crippen molar-refractivity contribution in [3.63, 3.8) is 0 Å². The van der Waals surface area contributed by atoms with Gasteiger partial charge in [0.25, 0.3) is 0 Å². The molecule has 178 valence electrons. The molecule has 0 atom stereocenters. The Kier molecular flexibility index (Phi) is 7.26. The Labute approximate surface area is 197 Å². The predicted molar refractivity (Wildman–Crippen MR) is 125 cm³/mol. The molecule has 0 heterocycles. The summed E-state index contributed by atoms with van der Waals surface area (Å²) in [5.74, 6) is 4.96. The lowest BCUT2D eigenvalue weighted by atomic mass is 9.78. The fourth-order valence-corrected chi connectivity index (χ4v) is 4.85. The van der Waals surface area contributed by atoms with E-state index in [1.165, 1.54) is 37.7 Å². The highest BCUT2D eigenvalue weighted by atomic mass is 19.4. The highest BCUT2D eigenvalue weighted by Gasteiger charge is 2.33. The fraction of sp³-hybridized carbons (Fsp3) is 0.379. The van der Waals surface area contributed by atoms with Crippen molar-refractivity contribution in [1.29, 1.82) is 0 Å². The van der Waals surface area contributed by atoms with Crippen molar-refractivity contribution in [2.45, 2.75) is 58.0 Å². The van der Waals surface area contributed by atoms with Crippen LogP contribution in [-0.4, -0.2) is 0 Å². The quantitative estimate of drug-likeness (QED) is 0.264. The Balaban J connectivity index is 1.47. The van der Waals surface area contributed by atoms with Gasteiger partial charge in [0.2, 0.25) is 0 Å². The van der Waals surface area contributed by atoms with Gasteiger partial charge in [-0.25, -0.2) is 8.78 Å². The number of hydrogen-bond acceptors (Lipinski definition) is 0. The largest absolute Gasteiger partial charge is 0.419 e. The zero-order chi connectivity index (χ0) is 24.3. The summed E-state index contributed by atoms with van der Waals surface area (Å²) in [6.07, 6.45) is 3.87. The van der Waals surface area contributed by atoms with E-state index in [1.54, 1.807) is 18.2 Å². The van der Waals surface area contributed by atoms with Crippen molar-refractivity contribution >= 4 is 10.8 Å². The van der Waals surface area contributed by atoms with Gasteiger partial charge < -0.3 is 0 Å². The number of aryl methyl sites for hydroxylation is 1. The van der Waals surface area contributed by atoms with Gasteiger partial charge in [-0.15, -0.1) is 0 Å². The first-order valence-corrected chi connectivity index (χ1v) is 11.8. The summed E-state index contributed by atoms with van der Waals surface area (Å²) in [5, 5.41) is 1.23. The number of rotatable bonds is 4. The van der Waals surface area contributed by atoms with Crippen LogP contribution in [0, 0.1) is 35.3 Å². The fourth-order valence-electron chi connectivity index (χ4n) is 4.85. The maximum atomic E-state index is 15.0. The summed E-state index contributed by atoms with van der Waals surface area (Å²) >= 11 is 0. The Morgan fingerprint density at radius 1 is 0.853 bits per heavy atom. The van der Waals surface area contributed by atoms with Crippen molar-refractivity contribution in [3.05, 3.63) is 82.4 Å². The number of alkyl halides is 3. The second kappa shape index (κ2) is 10.2.